The highest BCUT2D eigenvalue weighted by Gasteiger charge is 2.25. The predicted molar refractivity (Wildman–Crippen MR) is 79.7 cm³/mol. The van der Waals surface area contributed by atoms with Gasteiger partial charge in [0, 0.05) is 37.3 Å². The number of anilines is 1. The van der Waals surface area contributed by atoms with E-state index >= 15 is 0 Å². The van der Waals surface area contributed by atoms with Crippen LogP contribution in [0.2, 0.25) is 0 Å². The first-order valence-electron chi connectivity index (χ1n) is 6.73. The number of nitrogens with one attached hydrogen (secondary N) is 1. The van der Waals surface area contributed by atoms with Gasteiger partial charge in [0.25, 0.3) is 0 Å². The van der Waals surface area contributed by atoms with Crippen LogP contribution in [0.1, 0.15) is 17.4 Å². The summed E-state index contributed by atoms with van der Waals surface area (Å²) in [5.74, 6) is 0.870. The van der Waals surface area contributed by atoms with Crippen LogP contribution >= 0.6 is 11.3 Å². The molecule has 1 aliphatic rings. The van der Waals surface area contributed by atoms with Crippen LogP contribution in [-0.4, -0.2) is 33.2 Å². The summed E-state index contributed by atoms with van der Waals surface area (Å²) in [4.78, 5) is 15.8. The third-order valence-corrected chi connectivity index (χ3v) is 4.59. The molecule has 0 bridgehead atoms. The lowest BCUT2D eigenvalue weighted by molar-refractivity contribution is -0.132. The quantitative estimate of drug-likeness (QED) is 0.939. The molecule has 1 amide bonds. The van der Waals surface area contributed by atoms with Crippen molar-refractivity contribution in [3.63, 3.8) is 0 Å². The van der Waals surface area contributed by atoms with Crippen LogP contribution in [-0.2, 0) is 24.8 Å². The van der Waals surface area contributed by atoms with E-state index in [0.717, 1.165) is 25.3 Å². The van der Waals surface area contributed by atoms with Crippen molar-refractivity contribution in [2.24, 2.45) is 7.05 Å². The summed E-state index contributed by atoms with van der Waals surface area (Å²) < 4.78 is 1.72. The molecule has 1 unspecified atom stereocenters. The van der Waals surface area contributed by atoms with Crippen molar-refractivity contribution in [1.29, 1.82) is 0 Å². The van der Waals surface area contributed by atoms with E-state index in [1.807, 2.05) is 31.1 Å². The van der Waals surface area contributed by atoms with Crippen LogP contribution in [0.3, 0.4) is 0 Å². The first-order chi connectivity index (χ1) is 9.63. The molecule has 106 valence electrons. The summed E-state index contributed by atoms with van der Waals surface area (Å²) in [7, 11) is 1.86. The summed E-state index contributed by atoms with van der Waals surface area (Å²) in [6.45, 7) is 3.42. The molecule has 0 saturated heterocycles. The van der Waals surface area contributed by atoms with Crippen molar-refractivity contribution < 1.29 is 4.79 Å². The van der Waals surface area contributed by atoms with E-state index in [1.165, 1.54) is 10.4 Å². The van der Waals surface area contributed by atoms with Crippen LogP contribution in [0.15, 0.2) is 23.7 Å². The Bertz CT molecular complexity index is 618. The molecule has 5 nitrogen and oxygen atoms in total. The Morgan fingerprint density at radius 3 is 3.10 bits per heavy atom. The van der Waals surface area contributed by atoms with Gasteiger partial charge in [-0.2, -0.15) is 5.10 Å². The van der Waals surface area contributed by atoms with Crippen molar-refractivity contribution >= 4 is 23.1 Å². The number of thiophene rings is 1. The fourth-order valence-corrected chi connectivity index (χ4v) is 3.38. The van der Waals surface area contributed by atoms with E-state index in [2.05, 4.69) is 21.9 Å². The number of aryl methyl sites for hydroxylation is 1. The highest BCUT2D eigenvalue weighted by molar-refractivity contribution is 7.10. The number of hydrogen-bond donors (Lipinski definition) is 1. The summed E-state index contributed by atoms with van der Waals surface area (Å²) in [5, 5.41) is 9.50. The molecular formula is C14H18N4OS. The Kier molecular flexibility index (Phi) is 3.48. The summed E-state index contributed by atoms with van der Waals surface area (Å²) in [6, 6.07) is 3.73. The third kappa shape index (κ3) is 2.56. The largest absolute Gasteiger partial charge is 0.357 e. The molecule has 3 heterocycles. The van der Waals surface area contributed by atoms with Gasteiger partial charge in [-0.3, -0.25) is 9.48 Å². The lowest BCUT2D eigenvalue weighted by Gasteiger charge is -2.29. The van der Waals surface area contributed by atoms with Crippen molar-refractivity contribution in [2.75, 3.05) is 11.9 Å². The van der Waals surface area contributed by atoms with Gasteiger partial charge in [0.1, 0.15) is 11.9 Å². The fourth-order valence-electron chi connectivity index (χ4n) is 2.49. The summed E-state index contributed by atoms with van der Waals surface area (Å²) in [6.07, 6.45) is 2.83. The zero-order valence-corrected chi connectivity index (χ0v) is 12.5. The standard InChI is InChI=1S/C14H18N4OS/c1-10(15-13-4-6-17(2)16-13)14(19)18-7-3-12-11(9-18)5-8-20-12/h4-6,8,10H,3,7,9H2,1-2H3,(H,15,16). The topological polar surface area (TPSA) is 50.2 Å². The molecule has 0 spiro atoms. The van der Waals surface area contributed by atoms with Gasteiger partial charge in [0.2, 0.25) is 5.91 Å². The molecule has 1 aliphatic heterocycles. The van der Waals surface area contributed by atoms with Crippen molar-refractivity contribution in [3.8, 4) is 0 Å². The molecule has 0 saturated carbocycles. The molecule has 0 fully saturated rings. The minimum absolute atomic E-state index is 0.132. The van der Waals surface area contributed by atoms with Crippen molar-refractivity contribution in [1.82, 2.24) is 14.7 Å². The van der Waals surface area contributed by atoms with Gasteiger partial charge >= 0.3 is 0 Å². The maximum atomic E-state index is 12.5. The van der Waals surface area contributed by atoms with E-state index in [-0.39, 0.29) is 11.9 Å². The van der Waals surface area contributed by atoms with E-state index in [1.54, 1.807) is 16.0 Å². The lowest BCUT2D eigenvalue weighted by Crippen LogP contribution is -2.43. The van der Waals surface area contributed by atoms with Crippen LogP contribution in [0.5, 0.6) is 0 Å². The van der Waals surface area contributed by atoms with Gasteiger partial charge < -0.3 is 10.2 Å². The zero-order chi connectivity index (χ0) is 14.1. The number of hydrogen-bond acceptors (Lipinski definition) is 4. The molecule has 2 aromatic rings. The van der Waals surface area contributed by atoms with E-state index in [0.29, 0.717) is 0 Å². The number of nitrogens with zero attached hydrogens (tertiary/aromatic N) is 3. The fraction of sp³-hybridized carbons (Fsp3) is 0.429. The third-order valence-electron chi connectivity index (χ3n) is 3.57. The average Bonchev–Trinajstić information content (AvgIpc) is 3.05. The number of carbonyl (C=O) groups excluding carboxylic acids is 1. The lowest BCUT2D eigenvalue weighted by atomic mass is 10.1. The maximum absolute atomic E-state index is 12.5. The van der Waals surface area contributed by atoms with Crippen LogP contribution in [0.25, 0.3) is 0 Å². The van der Waals surface area contributed by atoms with E-state index in [4.69, 9.17) is 0 Å². The first kappa shape index (κ1) is 13.2. The van der Waals surface area contributed by atoms with Gasteiger partial charge in [-0.1, -0.05) is 0 Å². The molecule has 3 rings (SSSR count). The number of carbonyl (C=O) groups is 1. The second kappa shape index (κ2) is 5.28. The molecule has 1 atom stereocenters. The van der Waals surface area contributed by atoms with Crippen LogP contribution in [0.4, 0.5) is 5.82 Å². The summed E-state index contributed by atoms with van der Waals surface area (Å²) >= 11 is 1.79. The second-order valence-electron chi connectivity index (χ2n) is 5.12. The van der Waals surface area contributed by atoms with Gasteiger partial charge in [0.15, 0.2) is 0 Å². The Morgan fingerprint density at radius 1 is 1.50 bits per heavy atom. The van der Waals surface area contributed by atoms with Gasteiger partial charge in [-0.05, 0) is 30.4 Å². The molecule has 6 heteroatoms. The van der Waals surface area contributed by atoms with Gasteiger partial charge in [0.05, 0.1) is 0 Å². The molecule has 1 N–H and O–H groups in total. The Hall–Kier alpha value is -1.82. The number of amides is 1. The number of aromatic nitrogens is 2. The smallest absolute Gasteiger partial charge is 0.245 e. The summed E-state index contributed by atoms with van der Waals surface area (Å²) in [5.41, 5.74) is 1.29. The minimum Gasteiger partial charge on any atom is -0.357 e. The van der Waals surface area contributed by atoms with Crippen molar-refractivity contribution in [2.45, 2.75) is 25.9 Å². The highest BCUT2D eigenvalue weighted by Crippen LogP contribution is 2.24. The maximum Gasteiger partial charge on any atom is 0.245 e. The minimum atomic E-state index is -0.259. The average molecular weight is 290 g/mol. The molecule has 0 radical (unpaired) electrons. The highest BCUT2D eigenvalue weighted by atomic mass is 32.1. The van der Waals surface area contributed by atoms with Crippen LogP contribution < -0.4 is 5.32 Å². The van der Waals surface area contributed by atoms with Crippen LogP contribution in [0, 0.1) is 0 Å². The van der Waals surface area contributed by atoms with Gasteiger partial charge in [-0.25, -0.2) is 0 Å². The molecular weight excluding hydrogens is 272 g/mol. The molecule has 2 aromatic heterocycles. The Balaban J connectivity index is 1.64. The zero-order valence-electron chi connectivity index (χ0n) is 11.7. The Labute approximate surface area is 122 Å². The monoisotopic (exact) mass is 290 g/mol. The number of fused-ring (bicyclic) bond motifs is 1. The Morgan fingerprint density at radius 2 is 2.35 bits per heavy atom. The molecule has 20 heavy (non-hydrogen) atoms. The first-order valence-corrected chi connectivity index (χ1v) is 7.61. The van der Waals surface area contributed by atoms with Crippen molar-refractivity contribution in [3.05, 3.63) is 34.2 Å². The van der Waals surface area contributed by atoms with Gasteiger partial charge in [-0.15, -0.1) is 11.3 Å². The predicted octanol–water partition coefficient (Wildman–Crippen LogP) is 1.87. The molecule has 0 aromatic carbocycles. The SMILES string of the molecule is CC(Nc1ccn(C)n1)C(=O)N1CCc2sccc2C1. The van der Waals surface area contributed by atoms with E-state index < -0.39 is 0 Å². The van der Waals surface area contributed by atoms with E-state index in [9.17, 15) is 4.79 Å². The molecule has 0 aliphatic carbocycles. The normalized spacial score (nSPS) is 15.8. The number of rotatable bonds is 3. The second-order valence-corrected chi connectivity index (χ2v) is 6.12.